The van der Waals surface area contributed by atoms with Crippen LogP contribution < -0.4 is 10.9 Å². The fourth-order valence-electron chi connectivity index (χ4n) is 1.80. The average molecular weight is 298 g/mol. The number of carbonyl (C=O) groups is 2. The molecule has 4 nitrogen and oxygen atoms in total. The average Bonchev–Trinajstić information content (AvgIpc) is 2.52. The largest absolute Gasteiger partial charge is 0.269 e. The molecule has 0 aliphatic heterocycles. The molecule has 0 bridgehead atoms. The van der Waals surface area contributed by atoms with Crippen molar-refractivity contribution in [3.8, 4) is 0 Å². The van der Waals surface area contributed by atoms with Crippen molar-refractivity contribution in [3.05, 3.63) is 77.1 Å². The molecule has 2 N–H and O–H groups in total. The minimum Gasteiger partial charge on any atom is -0.268 e. The highest BCUT2D eigenvalue weighted by Gasteiger charge is 2.07. The molecule has 2 amide bonds. The molecule has 22 heavy (non-hydrogen) atoms. The summed E-state index contributed by atoms with van der Waals surface area (Å²) < 4.78 is 12.7. The van der Waals surface area contributed by atoms with Crippen LogP contribution in [0.1, 0.15) is 21.5 Å². The summed E-state index contributed by atoms with van der Waals surface area (Å²) in [5.41, 5.74) is 6.61. The molecule has 2 aromatic carbocycles. The van der Waals surface area contributed by atoms with Crippen LogP contribution in [-0.2, 0) is 4.79 Å². The first kappa shape index (κ1) is 15.4. The van der Waals surface area contributed by atoms with E-state index in [2.05, 4.69) is 10.9 Å². The Bertz CT molecular complexity index is 709. The summed E-state index contributed by atoms with van der Waals surface area (Å²) in [5, 5.41) is 0. The fourth-order valence-corrected chi connectivity index (χ4v) is 1.80. The van der Waals surface area contributed by atoms with Gasteiger partial charge in [0.2, 0.25) is 0 Å². The highest BCUT2D eigenvalue weighted by Crippen LogP contribution is 2.06. The molecule has 0 heterocycles. The molecule has 5 heteroatoms. The maximum Gasteiger partial charge on any atom is 0.269 e. The van der Waals surface area contributed by atoms with Crippen molar-refractivity contribution in [2.75, 3.05) is 0 Å². The molecule has 0 aliphatic carbocycles. The molecule has 0 spiro atoms. The number of benzene rings is 2. The first-order chi connectivity index (χ1) is 10.6. The molecule has 2 rings (SSSR count). The van der Waals surface area contributed by atoms with E-state index in [0.717, 1.165) is 5.56 Å². The number of halogens is 1. The van der Waals surface area contributed by atoms with Gasteiger partial charge in [-0.05, 0) is 42.3 Å². The molecule has 0 aromatic heterocycles. The van der Waals surface area contributed by atoms with Crippen molar-refractivity contribution in [2.45, 2.75) is 6.92 Å². The molecule has 0 unspecified atom stereocenters. The predicted molar refractivity (Wildman–Crippen MR) is 82.2 cm³/mol. The van der Waals surface area contributed by atoms with Gasteiger partial charge in [-0.15, -0.1) is 0 Å². The van der Waals surface area contributed by atoms with Gasteiger partial charge >= 0.3 is 0 Å². The lowest BCUT2D eigenvalue weighted by Gasteiger charge is -2.07. The van der Waals surface area contributed by atoms with Crippen LogP contribution in [0.2, 0.25) is 0 Å². The maximum atomic E-state index is 12.7. The van der Waals surface area contributed by atoms with Crippen LogP contribution >= 0.6 is 0 Å². The van der Waals surface area contributed by atoms with E-state index in [4.69, 9.17) is 0 Å². The zero-order valence-electron chi connectivity index (χ0n) is 12.0. The smallest absolute Gasteiger partial charge is 0.268 e. The predicted octanol–water partition coefficient (Wildman–Crippen LogP) is 2.61. The molecular weight excluding hydrogens is 283 g/mol. The van der Waals surface area contributed by atoms with Gasteiger partial charge in [0.1, 0.15) is 5.82 Å². The van der Waals surface area contributed by atoms with E-state index in [0.29, 0.717) is 11.1 Å². The SMILES string of the molecule is Cc1ccccc1C(=O)NNC(=O)/C=C/c1ccc(F)cc1. The Balaban J connectivity index is 1.89. The van der Waals surface area contributed by atoms with Crippen molar-refractivity contribution >= 4 is 17.9 Å². The van der Waals surface area contributed by atoms with E-state index in [1.165, 1.54) is 24.3 Å². The summed E-state index contributed by atoms with van der Waals surface area (Å²) in [6.45, 7) is 1.81. The van der Waals surface area contributed by atoms with Crippen molar-refractivity contribution in [2.24, 2.45) is 0 Å². The minimum atomic E-state index is -0.480. The third kappa shape index (κ3) is 4.28. The van der Waals surface area contributed by atoms with Crippen molar-refractivity contribution in [1.29, 1.82) is 0 Å². The van der Waals surface area contributed by atoms with E-state index >= 15 is 0 Å². The number of hydrazine groups is 1. The van der Waals surface area contributed by atoms with Crippen LogP contribution in [0.25, 0.3) is 6.08 Å². The van der Waals surface area contributed by atoms with Gasteiger partial charge in [-0.3, -0.25) is 20.4 Å². The Labute approximate surface area is 127 Å². The Morgan fingerprint density at radius 1 is 1.00 bits per heavy atom. The van der Waals surface area contributed by atoms with E-state index in [9.17, 15) is 14.0 Å². The zero-order chi connectivity index (χ0) is 15.9. The molecular formula is C17H15FN2O2. The van der Waals surface area contributed by atoms with Gasteiger partial charge in [-0.1, -0.05) is 30.3 Å². The van der Waals surface area contributed by atoms with E-state index in [1.54, 1.807) is 24.3 Å². The van der Waals surface area contributed by atoms with E-state index in [1.807, 2.05) is 19.1 Å². The normalized spacial score (nSPS) is 10.5. The first-order valence-corrected chi connectivity index (χ1v) is 6.66. The molecule has 112 valence electrons. The quantitative estimate of drug-likeness (QED) is 0.676. The molecule has 0 fully saturated rings. The lowest BCUT2D eigenvalue weighted by Crippen LogP contribution is -2.41. The second-order valence-electron chi connectivity index (χ2n) is 4.64. The van der Waals surface area contributed by atoms with Gasteiger partial charge < -0.3 is 0 Å². The molecule has 0 saturated heterocycles. The Morgan fingerprint density at radius 2 is 1.68 bits per heavy atom. The topological polar surface area (TPSA) is 58.2 Å². The third-order valence-electron chi connectivity index (χ3n) is 2.99. The first-order valence-electron chi connectivity index (χ1n) is 6.66. The number of aryl methyl sites for hydroxylation is 1. The van der Waals surface area contributed by atoms with Crippen molar-refractivity contribution in [1.82, 2.24) is 10.9 Å². The van der Waals surface area contributed by atoms with Crippen LogP contribution in [0.5, 0.6) is 0 Å². The number of amides is 2. The summed E-state index contributed by atoms with van der Waals surface area (Å²) in [7, 11) is 0. The molecule has 0 radical (unpaired) electrons. The summed E-state index contributed by atoms with van der Waals surface area (Å²) in [5.74, 6) is -1.21. The third-order valence-corrected chi connectivity index (χ3v) is 2.99. The Morgan fingerprint density at radius 3 is 2.36 bits per heavy atom. The fraction of sp³-hybridized carbons (Fsp3) is 0.0588. The highest BCUT2D eigenvalue weighted by molar-refractivity contribution is 5.98. The van der Waals surface area contributed by atoms with Crippen LogP contribution in [-0.4, -0.2) is 11.8 Å². The summed E-state index contributed by atoms with van der Waals surface area (Å²) in [6, 6.07) is 12.8. The van der Waals surface area contributed by atoms with Crippen molar-refractivity contribution < 1.29 is 14.0 Å². The van der Waals surface area contributed by atoms with Gasteiger partial charge in [0.15, 0.2) is 0 Å². The molecule has 0 aliphatic rings. The summed E-state index contributed by atoms with van der Waals surface area (Å²) in [4.78, 5) is 23.5. The van der Waals surface area contributed by atoms with Gasteiger partial charge in [-0.25, -0.2) is 4.39 Å². The Kier molecular flexibility index (Phi) is 5.03. The van der Waals surface area contributed by atoms with Gasteiger partial charge in [0, 0.05) is 11.6 Å². The van der Waals surface area contributed by atoms with E-state index in [-0.39, 0.29) is 11.7 Å². The van der Waals surface area contributed by atoms with Gasteiger partial charge in [0.25, 0.3) is 11.8 Å². The Hall–Kier alpha value is -2.95. The number of hydrogen-bond donors (Lipinski definition) is 2. The molecule has 2 aromatic rings. The number of carbonyl (C=O) groups excluding carboxylic acids is 2. The number of hydrogen-bond acceptors (Lipinski definition) is 2. The number of nitrogens with one attached hydrogen (secondary N) is 2. The van der Waals surface area contributed by atoms with Crippen LogP contribution in [0.15, 0.2) is 54.6 Å². The van der Waals surface area contributed by atoms with Crippen LogP contribution in [0.3, 0.4) is 0 Å². The number of rotatable bonds is 3. The lowest BCUT2D eigenvalue weighted by molar-refractivity contribution is -0.117. The standard InChI is InChI=1S/C17H15FN2O2/c1-12-4-2-3-5-15(12)17(22)20-19-16(21)11-8-13-6-9-14(18)10-7-13/h2-11H,1H3,(H,19,21)(H,20,22)/b11-8+. The van der Waals surface area contributed by atoms with E-state index < -0.39 is 5.91 Å². The summed E-state index contributed by atoms with van der Waals surface area (Å²) in [6.07, 6.45) is 2.78. The van der Waals surface area contributed by atoms with Crippen molar-refractivity contribution in [3.63, 3.8) is 0 Å². The monoisotopic (exact) mass is 298 g/mol. The van der Waals surface area contributed by atoms with Crippen LogP contribution in [0.4, 0.5) is 4.39 Å². The molecule has 0 atom stereocenters. The summed E-state index contributed by atoms with van der Waals surface area (Å²) >= 11 is 0. The minimum absolute atomic E-state index is 0.341. The van der Waals surface area contributed by atoms with Gasteiger partial charge in [0.05, 0.1) is 0 Å². The lowest BCUT2D eigenvalue weighted by atomic mass is 10.1. The zero-order valence-corrected chi connectivity index (χ0v) is 12.0. The van der Waals surface area contributed by atoms with Gasteiger partial charge in [-0.2, -0.15) is 0 Å². The maximum absolute atomic E-state index is 12.7. The second-order valence-corrected chi connectivity index (χ2v) is 4.64. The second kappa shape index (κ2) is 7.17. The molecule has 0 saturated carbocycles. The van der Waals surface area contributed by atoms with Crippen LogP contribution in [0, 0.1) is 12.7 Å². The highest BCUT2D eigenvalue weighted by atomic mass is 19.1.